The van der Waals surface area contributed by atoms with E-state index in [1.165, 1.54) is 4.31 Å². The Morgan fingerprint density at radius 3 is 2.64 bits per heavy atom. The van der Waals surface area contributed by atoms with Gasteiger partial charge in [0.2, 0.25) is 15.9 Å². The van der Waals surface area contributed by atoms with Crippen molar-refractivity contribution in [3.8, 4) is 0 Å². The molecule has 3 rings (SSSR count). The van der Waals surface area contributed by atoms with Gasteiger partial charge in [0.1, 0.15) is 6.42 Å². The number of rotatable bonds is 3. The molecule has 1 fully saturated rings. The Hall–Kier alpha value is -1.77. The van der Waals surface area contributed by atoms with Gasteiger partial charge < -0.3 is 4.90 Å². The van der Waals surface area contributed by atoms with Crippen LogP contribution in [0.25, 0.3) is 0 Å². The molecule has 2 heterocycles. The molecule has 0 aromatic heterocycles. The number of likely N-dealkylation sites (tertiary alicyclic amines) is 1. The van der Waals surface area contributed by atoms with E-state index >= 15 is 0 Å². The number of fused-ring (bicyclic) bond motifs is 1. The molecule has 1 amide bonds. The molecule has 25 heavy (non-hydrogen) atoms. The maximum atomic E-state index is 13.0. The molecule has 1 aromatic rings. The number of para-hydroxylation sites is 1. The van der Waals surface area contributed by atoms with Gasteiger partial charge in [0.15, 0.2) is 0 Å². The van der Waals surface area contributed by atoms with Gasteiger partial charge in [0.25, 0.3) is 0 Å². The number of piperidine rings is 1. The number of alkyl halides is 3. The number of hydrogen-bond acceptors (Lipinski definition) is 3. The third-order valence-electron chi connectivity index (χ3n) is 4.66. The highest BCUT2D eigenvalue weighted by atomic mass is 32.2. The zero-order chi connectivity index (χ0) is 18.2. The fourth-order valence-corrected chi connectivity index (χ4v) is 5.43. The van der Waals surface area contributed by atoms with Crippen LogP contribution in [0.15, 0.2) is 24.3 Å². The lowest BCUT2D eigenvalue weighted by Gasteiger charge is -2.35. The number of carbonyl (C=O) groups excluding carboxylic acids is 1. The van der Waals surface area contributed by atoms with Crippen molar-refractivity contribution in [3.63, 3.8) is 0 Å². The topological polar surface area (TPSA) is 57.7 Å². The van der Waals surface area contributed by atoms with Crippen molar-refractivity contribution in [2.75, 3.05) is 23.9 Å². The number of hydrogen-bond donors (Lipinski definition) is 0. The van der Waals surface area contributed by atoms with Gasteiger partial charge in [-0.3, -0.25) is 9.10 Å². The van der Waals surface area contributed by atoms with Crippen molar-refractivity contribution in [2.24, 2.45) is 0 Å². The molecule has 2 aliphatic heterocycles. The summed E-state index contributed by atoms with van der Waals surface area (Å²) in [6.45, 7) is 0.308. The Morgan fingerprint density at radius 1 is 1.20 bits per heavy atom. The van der Waals surface area contributed by atoms with E-state index in [0.717, 1.165) is 10.5 Å². The molecule has 0 spiro atoms. The minimum atomic E-state index is -4.59. The van der Waals surface area contributed by atoms with Gasteiger partial charge in [-0.1, -0.05) is 18.2 Å². The highest BCUT2D eigenvalue weighted by Gasteiger charge is 2.41. The highest BCUT2D eigenvalue weighted by molar-refractivity contribution is 7.93. The van der Waals surface area contributed by atoms with E-state index in [2.05, 4.69) is 0 Å². The molecule has 1 atom stereocenters. The quantitative estimate of drug-likeness (QED) is 0.814. The van der Waals surface area contributed by atoms with E-state index in [1.54, 1.807) is 12.1 Å². The first-order valence-electron chi connectivity index (χ1n) is 8.12. The zero-order valence-corrected chi connectivity index (χ0v) is 14.3. The number of nitrogens with zero attached hydrogens (tertiary/aromatic N) is 2. The first-order valence-corrected chi connectivity index (χ1v) is 9.63. The number of sulfonamides is 1. The van der Waals surface area contributed by atoms with E-state index in [4.69, 9.17) is 0 Å². The first-order chi connectivity index (χ1) is 11.7. The molecular formula is C16H19F3N2O3S. The Balaban J connectivity index is 1.76. The molecular weight excluding hydrogens is 357 g/mol. The van der Waals surface area contributed by atoms with Gasteiger partial charge in [-0.2, -0.15) is 13.2 Å². The zero-order valence-electron chi connectivity index (χ0n) is 13.5. The number of amides is 1. The average Bonchev–Trinajstić information content (AvgIpc) is 2.98. The maximum Gasteiger partial charge on any atom is 0.397 e. The van der Waals surface area contributed by atoms with Crippen molar-refractivity contribution >= 4 is 21.6 Å². The van der Waals surface area contributed by atoms with Crippen molar-refractivity contribution in [1.29, 1.82) is 0 Å². The van der Waals surface area contributed by atoms with E-state index in [9.17, 15) is 26.4 Å². The van der Waals surface area contributed by atoms with Crippen LogP contribution in [0.1, 0.15) is 24.8 Å². The molecule has 0 aliphatic carbocycles. The molecule has 0 bridgehead atoms. The van der Waals surface area contributed by atoms with Crippen LogP contribution in [-0.2, 0) is 21.2 Å². The Labute approximate surface area is 144 Å². The Kier molecular flexibility index (Phi) is 4.70. The summed E-state index contributed by atoms with van der Waals surface area (Å²) in [4.78, 5) is 12.8. The average molecular weight is 376 g/mol. The third kappa shape index (κ3) is 3.75. The van der Waals surface area contributed by atoms with Crippen LogP contribution < -0.4 is 4.31 Å². The molecule has 138 valence electrons. The largest absolute Gasteiger partial charge is 0.397 e. The lowest BCUT2D eigenvalue weighted by Crippen LogP contribution is -2.50. The summed E-state index contributed by atoms with van der Waals surface area (Å²) >= 11 is 0. The van der Waals surface area contributed by atoms with Crippen LogP contribution >= 0.6 is 0 Å². The summed E-state index contributed by atoms with van der Waals surface area (Å²) in [5.41, 5.74) is 1.56. The van der Waals surface area contributed by atoms with Crippen molar-refractivity contribution in [2.45, 2.75) is 37.1 Å². The van der Waals surface area contributed by atoms with Gasteiger partial charge in [0.05, 0.1) is 10.9 Å². The lowest BCUT2D eigenvalue weighted by molar-refractivity contribution is -0.161. The maximum absolute atomic E-state index is 13.0. The second kappa shape index (κ2) is 6.51. The predicted octanol–water partition coefficient (Wildman–Crippen LogP) is 2.32. The summed E-state index contributed by atoms with van der Waals surface area (Å²) in [6.07, 6.45) is -4.80. The molecule has 1 unspecified atom stereocenters. The van der Waals surface area contributed by atoms with Crippen LogP contribution in [0.3, 0.4) is 0 Å². The molecule has 0 radical (unpaired) electrons. The number of carbonyl (C=O) groups is 1. The SMILES string of the molecule is O=C(CC(F)(F)F)N1CCCC(S(=O)(=O)N2CCc3ccccc32)C1. The molecule has 1 saturated heterocycles. The monoisotopic (exact) mass is 376 g/mol. The minimum absolute atomic E-state index is 0.164. The van der Waals surface area contributed by atoms with Gasteiger partial charge in [-0.05, 0) is 30.9 Å². The standard InChI is InChI=1S/C16H19F3N2O3S/c17-16(18,19)10-15(22)20-8-3-5-13(11-20)25(23,24)21-9-7-12-4-1-2-6-14(12)21/h1-2,4,6,13H,3,5,7-11H2. The fourth-order valence-electron chi connectivity index (χ4n) is 3.44. The molecule has 9 heteroatoms. The van der Waals surface area contributed by atoms with Gasteiger partial charge in [0, 0.05) is 19.6 Å². The van der Waals surface area contributed by atoms with Crippen LogP contribution in [0, 0.1) is 0 Å². The normalized spacial score (nSPS) is 21.3. The second-order valence-corrected chi connectivity index (χ2v) is 8.53. The summed E-state index contributed by atoms with van der Waals surface area (Å²) < 4.78 is 64.6. The van der Waals surface area contributed by atoms with Gasteiger partial charge in [-0.15, -0.1) is 0 Å². The smallest absolute Gasteiger partial charge is 0.341 e. The van der Waals surface area contributed by atoms with Gasteiger partial charge in [-0.25, -0.2) is 8.42 Å². The number of benzene rings is 1. The summed E-state index contributed by atoms with van der Waals surface area (Å²) in [5, 5.41) is -0.871. The molecule has 1 aromatic carbocycles. The lowest BCUT2D eigenvalue weighted by atomic mass is 10.1. The molecule has 0 saturated carbocycles. The summed E-state index contributed by atoms with van der Waals surface area (Å²) in [7, 11) is -3.73. The summed E-state index contributed by atoms with van der Waals surface area (Å²) in [6, 6.07) is 7.19. The molecule has 2 aliphatic rings. The van der Waals surface area contributed by atoms with Crippen LogP contribution in [0.4, 0.5) is 18.9 Å². The fraction of sp³-hybridized carbons (Fsp3) is 0.562. The van der Waals surface area contributed by atoms with Crippen LogP contribution in [-0.4, -0.2) is 50.3 Å². The number of anilines is 1. The third-order valence-corrected chi connectivity index (χ3v) is 6.88. The minimum Gasteiger partial charge on any atom is -0.341 e. The highest BCUT2D eigenvalue weighted by Crippen LogP contribution is 2.33. The van der Waals surface area contributed by atoms with E-state index in [1.807, 2.05) is 12.1 Å². The Bertz CT molecular complexity index is 764. The number of halogens is 3. The Morgan fingerprint density at radius 2 is 1.92 bits per heavy atom. The van der Waals surface area contributed by atoms with E-state index in [0.29, 0.717) is 31.5 Å². The van der Waals surface area contributed by atoms with E-state index < -0.39 is 33.8 Å². The van der Waals surface area contributed by atoms with Crippen LogP contribution in [0.5, 0.6) is 0 Å². The van der Waals surface area contributed by atoms with Crippen molar-refractivity contribution in [3.05, 3.63) is 29.8 Å². The molecule has 0 N–H and O–H groups in total. The second-order valence-electron chi connectivity index (χ2n) is 6.39. The predicted molar refractivity (Wildman–Crippen MR) is 86.7 cm³/mol. The molecule has 5 nitrogen and oxygen atoms in total. The van der Waals surface area contributed by atoms with Crippen molar-refractivity contribution < 1.29 is 26.4 Å². The van der Waals surface area contributed by atoms with Crippen molar-refractivity contribution in [1.82, 2.24) is 4.90 Å². The van der Waals surface area contributed by atoms with E-state index in [-0.39, 0.29) is 13.1 Å². The first kappa shape index (κ1) is 18.0. The van der Waals surface area contributed by atoms with Gasteiger partial charge >= 0.3 is 6.18 Å². The summed E-state index contributed by atoms with van der Waals surface area (Å²) in [5.74, 6) is -1.06. The van der Waals surface area contributed by atoms with Crippen LogP contribution in [0.2, 0.25) is 0 Å².